The molecule has 0 bridgehead atoms. The Hall–Kier alpha value is -0.310. The number of hydrogen-bond acceptors (Lipinski definition) is 2. The van der Waals surface area contributed by atoms with Gasteiger partial charge in [-0.15, -0.1) is 11.3 Å². The Morgan fingerprint density at radius 1 is 1.67 bits per heavy atom. The van der Waals surface area contributed by atoms with Crippen LogP contribution in [0, 0.1) is 0 Å². The molecule has 0 aliphatic rings. The van der Waals surface area contributed by atoms with Gasteiger partial charge in [0.05, 0.1) is 5.02 Å². The Labute approximate surface area is 82.1 Å². The minimum Gasteiger partial charge on any atom is -0.319 e. The van der Waals surface area contributed by atoms with Gasteiger partial charge < -0.3 is 5.32 Å². The highest BCUT2D eigenvalue weighted by Crippen LogP contribution is 2.23. The predicted molar refractivity (Wildman–Crippen MR) is 56.9 cm³/mol. The topological polar surface area (TPSA) is 12.0 Å². The lowest BCUT2D eigenvalue weighted by Gasteiger charge is -1.91. The van der Waals surface area contributed by atoms with E-state index in [1.54, 1.807) is 11.3 Å². The molecule has 1 nitrogen and oxygen atoms in total. The standard InChI is InChI=1S/C9H12ClNS/c1-11-6-3-2-4-9-8(10)5-7-12-9/h2,4-5,7,11H,3,6H2,1H3/b4-2+. The van der Waals surface area contributed by atoms with Crippen molar-refractivity contribution in [3.8, 4) is 0 Å². The highest BCUT2D eigenvalue weighted by atomic mass is 35.5. The Bertz CT molecular complexity index is 255. The Morgan fingerprint density at radius 3 is 3.08 bits per heavy atom. The first kappa shape index (κ1) is 9.78. The lowest BCUT2D eigenvalue weighted by atomic mass is 10.3. The van der Waals surface area contributed by atoms with Crippen molar-refractivity contribution in [3.05, 3.63) is 27.4 Å². The molecule has 1 aromatic heterocycles. The second kappa shape index (κ2) is 5.36. The molecular weight excluding hydrogens is 190 g/mol. The third-order valence-electron chi connectivity index (χ3n) is 1.47. The molecule has 0 aliphatic carbocycles. The van der Waals surface area contributed by atoms with Crippen LogP contribution in [0.5, 0.6) is 0 Å². The van der Waals surface area contributed by atoms with E-state index in [1.807, 2.05) is 18.5 Å². The van der Waals surface area contributed by atoms with Crippen LogP contribution in [-0.2, 0) is 0 Å². The molecule has 1 aromatic rings. The maximum Gasteiger partial charge on any atom is 0.0585 e. The van der Waals surface area contributed by atoms with Crippen molar-refractivity contribution < 1.29 is 0 Å². The first-order valence-corrected chi connectivity index (χ1v) is 5.14. The molecule has 0 radical (unpaired) electrons. The quantitative estimate of drug-likeness (QED) is 0.739. The maximum absolute atomic E-state index is 5.90. The van der Waals surface area contributed by atoms with E-state index in [1.165, 1.54) is 0 Å². The van der Waals surface area contributed by atoms with Crippen molar-refractivity contribution in [2.24, 2.45) is 0 Å². The molecule has 1 heterocycles. The van der Waals surface area contributed by atoms with Crippen LogP contribution in [0.15, 0.2) is 17.5 Å². The zero-order valence-corrected chi connectivity index (χ0v) is 8.58. The summed E-state index contributed by atoms with van der Waals surface area (Å²) in [5, 5.41) is 5.93. The van der Waals surface area contributed by atoms with Crippen molar-refractivity contribution in [2.75, 3.05) is 13.6 Å². The van der Waals surface area contributed by atoms with Gasteiger partial charge in [0.25, 0.3) is 0 Å². The predicted octanol–water partition coefficient (Wildman–Crippen LogP) is 3.02. The monoisotopic (exact) mass is 201 g/mol. The zero-order chi connectivity index (χ0) is 8.81. The number of halogens is 1. The van der Waals surface area contributed by atoms with E-state index in [0.717, 1.165) is 22.9 Å². The Morgan fingerprint density at radius 2 is 2.50 bits per heavy atom. The van der Waals surface area contributed by atoms with Gasteiger partial charge in [-0.3, -0.25) is 0 Å². The van der Waals surface area contributed by atoms with E-state index in [2.05, 4.69) is 17.5 Å². The van der Waals surface area contributed by atoms with Gasteiger partial charge in [0.2, 0.25) is 0 Å². The molecule has 0 unspecified atom stereocenters. The Kier molecular flexibility index (Phi) is 4.36. The molecular formula is C9H12ClNS. The van der Waals surface area contributed by atoms with E-state index >= 15 is 0 Å². The zero-order valence-electron chi connectivity index (χ0n) is 7.01. The third-order valence-corrected chi connectivity index (χ3v) is 2.80. The van der Waals surface area contributed by atoms with Crippen molar-refractivity contribution in [1.29, 1.82) is 0 Å². The molecule has 1 rings (SSSR count). The molecule has 12 heavy (non-hydrogen) atoms. The van der Waals surface area contributed by atoms with E-state index in [-0.39, 0.29) is 0 Å². The van der Waals surface area contributed by atoms with Gasteiger partial charge in [-0.05, 0) is 37.5 Å². The van der Waals surface area contributed by atoms with Crippen LogP contribution in [0.25, 0.3) is 6.08 Å². The van der Waals surface area contributed by atoms with Crippen molar-refractivity contribution in [3.63, 3.8) is 0 Å². The van der Waals surface area contributed by atoms with Crippen molar-refractivity contribution in [1.82, 2.24) is 5.32 Å². The number of hydrogen-bond donors (Lipinski definition) is 1. The minimum atomic E-state index is 0.848. The fourth-order valence-electron chi connectivity index (χ4n) is 0.842. The second-order valence-corrected chi connectivity index (χ2v) is 3.78. The first-order valence-electron chi connectivity index (χ1n) is 3.88. The summed E-state index contributed by atoms with van der Waals surface area (Å²) in [5.74, 6) is 0. The molecule has 0 fully saturated rings. The number of nitrogens with one attached hydrogen (secondary N) is 1. The van der Waals surface area contributed by atoms with Crippen LogP contribution in [0.2, 0.25) is 5.02 Å². The summed E-state index contributed by atoms with van der Waals surface area (Å²) in [6, 6.07) is 1.92. The van der Waals surface area contributed by atoms with Crippen LogP contribution in [-0.4, -0.2) is 13.6 Å². The van der Waals surface area contributed by atoms with E-state index in [9.17, 15) is 0 Å². The lowest BCUT2D eigenvalue weighted by Crippen LogP contribution is -2.05. The molecule has 1 N–H and O–H groups in total. The fourth-order valence-corrected chi connectivity index (χ4v) is 1.88. The molecule has 0 amide bonds. The third kappa shape index (κ3) is 2.97. The van der Waals surface area contributed by atoms with E-state index < -0.39 is 0 Å². The number of rotatable bonds is 4. The molecule has 0 aliphatic heterocycles. The molecule has 0 saturated heterocycles. The van der Waals surface area contributed by atoms with Crippen molar-refractivity contribution in [2.45, 2.75) is 6.42 Å². The first-order chi connectivity index (χ1) is 5.84. The second-order valence-electron chi connectivity index (χ2n) is 2.43. The molecule has 3 heteroatoms. The van der Waals surface area contributed by atoms with Crippen LogP contribution >= 0.6 is 22.9 Å². The summed E-state index contributed by atoms with van der Waals surface area (Å²) in [6.07, 6.45) is 5.25. The lowest BCUT2D eigenvalue weighted by molar-refractivity contribution is 0.809. The summed E-state index contributed by atoms with van der Waals surface area (Å²) < 4.78 is 0. The van der Waals surface area contributed by atoms with E-state index in [4.69, 9.17) is 11.6 Å². The van der Waals surface area contributed by atoms with Crippen LogP contribution in [0.4, 0.5) is 0 Å². The average molecular weight is 202 g/mol. The summed E-state index contributed by atoms with van der Waals surface area (Å²) in [5.41, 5.74) is 0. The van der Waals surface area contributed by atoms with Crippen LogP contribution in [0.3, 0.4) is 0 Å². The summed E-state index contributed by atoms with van der Waals surface area (Å²) in [6.45, 7) is 1.01. The van der Waals surface area contributed by atoms with Gasteiger partial charge in [0, 0.05) is 4.88 Å². The smallest absolute Gasteiger partial charge is 0.0585 e. The normalized spacial score (nSPS) is 11.2. The van der Waals surface area contributed by atoms with E-state index in [0.29, 0.717) is 0 Å². The SMILES string of the molecule is CNCC/C=C/c1sccc1Cl. The maximum atomic E-state index is 5.90. The van der Waals surface area contributed by atoms with Gasteiger partial charge in [0.15, 0.2) is 0 Å². The van der Waals surface area contributed by atoms with Gasteiger partial charge in [-0.1, -0.05) is 17.7 Å². The van der Waals surface area contributed by atoms with Gasteiger partial charge in [0.1, 0.15) is 0 Å². The van der Waals surface area contributed by atoms with Gasteiger partial charge in [-0.2, -0.15) is 0 Å². The largest absolute Gasteiger partial charge is 0.319 e. The van der Waals surface area contributed by atoms with Crippen LogP contribution < -0.4 is 5.32 Å². The summed E-state index contributed by atoms with van der Waals surface area (Å²) in [7, 11) is 1.95. The fraction of sp³-hybridized carbons (Fsp3) is 0.333. The van der Waals surface area contributed by atoms with Gasteiger partial charge in [-0.25, -0.2) is 0 Å². The number of thiophene rings is 1. The minimum absolute atomic E-state index is 0.848. The molecule has 0 aromatic carbocycles. The average Bonchev–Trinajstić information content (AvgIpc) is 2.46. The molecule has 0 atom stereocenters. The molecule has 0 saturated carbocycles. The highest BCUT2D eigenvalue weighted by molar-refractivity contribution is 7.11. The highest BCUT2D eigenvalue weighted by Gasteiger charge is 1.94. The van der Waals surface area contributed by atoms with Crippen LogP contribution in [0.1, 0.15) is 11.3 Å². The molecule has 66 valence electrons. The summed E-state index contributed by atoms with van der Waals surface area (Å²) in [4.78, 5) is 1.15. The Balaban J connectivity index is 2.41. The summed E-state index contributed by atoms with van der Waals surface area (Å²) >= 11 is 7.56. The molecule has 0 spiro atoms. The van der Waals surface area contributed by atoms with Crippen molar-refractivity contribution >= 4 is 29.0 Å². The van der Waals surface area contributed by atoms with Gasteiger partial charge >= 0.3 is 0 Å².